The Morgan fingerprint density at radius 2 is 2.05 bits per heavy atom. The molecular weight excluding hydrogens is 266 g/mol. The molecule has 0 aliphatic rings. The SMILES string of the molecule is Cc1cc(OCCO)nc(C)c1-c1cccc(C=O)c1C. The molecule has 21 heavy (non-hydrogen) atoms. The van der Waals surface area contributed by atoms with E-state index in [1.807, 2.05) is 45.0 Å². The van der Waals surface area contributed by atoms with E-state index in [1.54, 1.807) is 0 Å². The Morgan fingerprint density at radius 1 is 1.29 bits per heavy atom. The molecule has 110 valence electrons. The molecule has 0 unspecified atom stereocenters. The summed E-state index contributed by atoms with van der Waals surface area (Å²) in [7, 11) is 0. The van der Waals surface area contributed by atoms with E-state index < -0.39 is 0 Å². The van der Waals surface area contributed by atoms with E-state index >= 15 is 0 Å². The summed E-state index contributed by atoms with van der Waals surface area (Å²) in [5.74, 6) is 0.506. The molecule has 0 amide bonds. The fourth-order valence-electron chi connectivity index (χ4n) is 2.48. The Kier molecular flexibility index (Phi) is 4.70. The highest BCUT2D eigenvalue weighted by Gasteiger charge is 2.13. The van der Waals surface area contributed by atoms with Crippen molar-refractivity contribution in [1.29, 1.82) is 0 Å². The second-order valence-electron chi connectivity index (χ2n) is 4.95. The molecular formula is C17H19NO3. The number of aryl methyl sites for hydroxylation is 2. The zero-order chi connectivity index (χ0) is 15.4. The summed E-state index contributed by atoms with van der Waals surface area (Å²) in [5, 5.41) is 8.81. The highest BCUT2D eigenvalue weighted by molar-refractivity contribution is 5.84. The van der Waals surface area contributed by atoms with Gasteiger partial charge in [-0.2, -0.15) is 0 Å². The minimum atomic E-state index is -0.0397. The van der Waals surface area contributed by atoms with Crippen molar-refractivity contribution < 1.29 is 14.6 Å². The standard InChI is InChI=1S/C17H19NO3/c1-11-9-16(21-8-7-19)18-13(3)17(11)15-6-4-5-14(10-20)12(15)2/h4-6,9-10,19H,7-8H2,1-3H3. The molecule has 4 nitrogen and oxygen atoms in total. The molecule has 0 aliphatic carbocycles. The summed E-state index contributed by atoms with van der Waals surface area (Å²) in [6.07, 6.45) is 0.871. The molecule has 0 saturated heterocycles. The van der Waals surface area contributed by atoms with Gasteiger partial charge in [0.15, 0.2) is 0 Å². The van der Waals surface area contributed by atoms with Crippen LogP contribution < -0.4 is 4.74 Å². The monoisotopic (exact) mass is 285 g/mol. The van der Waals surface area contributed by atoms with Crippen molar-refractivity contribution >= 4 is 6.29 Å². The van der Waals surface area contributed by atoms with Gasteiger partial charge < -0.3 is 9.84 Å². The number of aldehydes is 1. The van der Waals surface area contributed by atoms with E-state index in [4.69, 9.17) is 9.84 Å². The van der Waals surface area contributed by atoms with Crippen molar-refractivity contribution in [3.05, 3.63) is 46.6 Å². The minimum absolute atomic E-state index is 0.0397. The average Bonchev–Trinajstić information content (AvgIpc) is 2.46. The third kappa shape index (κ3) is 3.11. The molecule has 0 bridgehead atoms. The van der Waals surface area contributed by atoms with Crippen molar-refractivity contribution in [2.24, 2.45) is 0 Å². The Hall–Kier alpha value is -2.20. The van der Waals surface area contributed by atoms with Crippen molar-refractivity contribution in [1.82, 2.24) is 4.98 Å². The predicted molar refractivity (Wildman–Crippen MR) is 81.9 cm³/mol. The van der Waals surface area contributed by atoms with Gasteiger partial charge in [0.2, 0.25) is 5.88 Å². The normalized spacial score (nSPS) is 10.5. The van der Waals surface area contributed by atoms with Crippen LogP contribution in [0.15, 0.2) is 24.3 Å². The zero-order valence-electron chi connectivity index (χ0n) is 12.5. The van der Waals surface area contributed by atoms with Gasteiger partial charge in [-0.15, -0.1) is 0 Å². The lowest BCUT2D eigenvalue weighted by Crippen LogP contribution is -2.05. The smallest absolute Gasteiger partial charge is 0.213 e. The van der Waals surface area contributed by atoms with Gasteiger partial charge in [0, 0.05) is 22.9 Å². The van der Waals surface area contributed by atoms with Gasteiger partial charge in [-0.3, -0.25) is 4.79 Å². The third-order valence-corrected chi connectivity index (χ3v) is 3.49. The van der Waals surface area contributed by atoms with Crippen LogP contribution in [0.1, 0.15) is 27.2 Å². The highest BCUT2D eigenvalue weighted by Crippen LogP contribution is 2.32. The number of nitrogens with zero attached hydrogens (tertiary/aromatic N) is 1. The number of rotatable bonds is 5. The molecule has 4 heteroatoms. The summed E-state index contributed by atoms with van der Waals surface area (Å²) in [4.78, 5) is 15.5. The molecule has 0 radical (unpaired) electrons. The molecule has 1 aromatic heterocycles. The van der Waals surface area contributed by atoms with Gasteiger partial charge >= 0.3 is 0 Å². The number of aromatic nitrogens is 1. The average molecular weight is 285 g/mol. The predicted octanol–water partition coefficient (Wildman–Crippen LogP) is 2.86. The minimum Gasteiger partial charge on any atom is -0.475 e. The lowest BCUT2D eigenvalue weighted by Gasteiger charge is -2.15. The maximum Gasteiger partial charge on any atom is 0.213 e. The maximum absolute atomic E-state index is 11.1. The first-order valence-electron chi connectivity index (χ1n) is 6.85. The number of carbonyl (C=O) groups excluding carboxylic acids is 1. The summed E-state index contributed by atoms with van der Waals surface area (Å²) < 4.78 is 5.37. The summed E-state index contributed by atoms with van der Waals surface area (Å²) >= 11 is 0. The first-order valence-corrected chi connectivity index (χ1v) is 6.85. The third-order valence-electron chi connectivity index (χ3n) is 3.49. The van der Waals surface area contributed by atoms with Crippen molar-refractivity contribution in [3.8, 4) is 17.0 Å². The van der Waals surface area contributed by atoms with Gasteiger partial charge in [-0.25, -0.2) is 4.98 Å². The molecule has 0 aliphatic heterocycles. The molecule has 1 aromatic carbocycles. The Bertz CT molecular complexity index is 642. The molecule has 0 saturated carbocycles. The van der Waals surface area contributed by atoms with Crippen LogP contribution in [0.25, 0.3) is 11.1 Å². The van der Waals surface area contributed by atoms with Crippen LogP contribution in [0.3, 0.4) is 0 Å². The molecule has 0 atom stereocenters. The molecule has 0 spiro atoms. The molecule has 1 N–H and O–H groups in total. The van der Waals surface area contributed by atoms with Crippen molar-refractivity contribution in [2.45, 2.75) is 20.8 Å². The molecule has 2 rings (SSSR count). The van der Waals surface area contributed by atoms with Crippen LogP contribution in [0.5, 0.6) is 5.88 Å². The first kappa shape index (κ1) is 15.2. The van der Waals surface area contributed by atoms with E-state index in [1.165, 1.54) is 0 Å². The van der Waals surface area contributed by atoms with Crippen LogP contribution >= 0.6 is 0 Å². The fraction of sp³-hybridized carbons (Fsp3) is 0.294. The Labute approximate surface area is 124 Å². The second kappa shape index (κ2) is 6.50. The number of aliphatic hydroxyl groups excluding tert-OH is 1. The summed E-state index contributed by atoms with van der Waals surface area (Å²) in [5.41, 5.74) is 5.54. The summed E-state index contributed by atoms with van der Waals surface area (Å²) in [6, 6.07) is 7.53. The van der Waals surface area contributed by atoms with Crippen LogP contribution in [0.2, 0.25) is 0 Å². The number of ether oxygens (including phenoxy) is 1. The number of hydrogen-bond acceptors (Lipinski definition) is 4. The number of hydrogen-bond donors (Lipinski definition) is 1. The lowest BCUT2D eigenvalue weighted by atomic mass is 9.93. The Balaban J connectivity index is 2.52. The van der Waals surface area contributed by atoms with E-state index in [0.29, 0.717) is 11.4 Å². The quantitative estimate of drug-likeness (QED) is 0.858. The van der Waals surface area contributed by atoms with E-state index in [-0.39, 0.29) is 13.2 Å². The van der Waals surface area contributed by atoms with Gasteiger partial charge in [-0.05, 0) is 37.5 Å². The van der Waals surface area contributed by atoms with Gasteiger partial charge in [0.25, 0.3) is 0 Å². The van der Waals surface area contributed by atoms with Crippen LogP contribution in [-0.2, 0) is 0 Å². The number of aliphatic hydroxyl groups is 1. The van der Waals surface area contributed by atoms with Crippen molar-refractivity contribution in [2.75, 3.05) is 13.2 Å². The Morgan fingerprint density at radius 3 is 2.67 bits per heavy atom. The van der Waals surface area contributed by atoms with Crippen LogP contribution in [-0.4, -0.2) is 29.6 Å². The highest BCUT2D eigenvalue weighted by atomic mass is 16.5. The van der Waals surface area contributed by atoms with E-state index in [2.05, 4.69) is 4.98 Å². The van der Waals surface area contributed by atoms with Gasteiger partial charge in [0.1, 0.15) is 12.9 Å². The topological polar surface area (TPSA) is 59.4 Å². The summed E-state index contributed by atoms with van der Waals surface area (Å²) in [6.45, 7) is 6.03. The van der Waals surface area contributed by atoms with E-state index in [9.17, 15) is 4.79 Å². The van der Waals surface area contributed by atoms with Gasteiger partial charge in [0.05, 0.1) is 6.61 Å². The van der Waals surface area contributed by atoms with Crippen LogP contribution in [0, 0.1) is 20.8 Å². The molecule has 2 aromatic rings. The largest absolute Gasteiger partial charge is 0.475 e. The first-order chi connectivity index (χ1) is 10.1. The van der Waals surface area contributed by atoms with Crippen molar-refractivity contribution in [3.63, 3.8) is 0 Å². The fourth-order valence-corrected chi connectivity index (χ4v) is 2.48. The number of benzene rings is 1. The van der Waals surface area contributed by atoms with Gasteiger partial charge in [-0.1, -0.05) is 18.2 Å². The second-order valence-corrected chi connectivity index (χ2v) is 4.95. The van der Waals surface area contributed by atoms with Crippen LogP contribution in [0.4, 0.5) is 0 Å². The molecule has 1 heterocycles. The number of carbonyl (C=O) groups is 1. The number of pyridine rings is 1. The molecule has 0 fully saturated rings. The maximum atomic E-state index is 11.1. The zero-order valence-corrected chi connectivity index (χ0v) is 12.5. The van der Waals surface area contributed by atoms with E-state index in [0.717, 1.165) is 34.2 Å². The lowest BCUT2D eigenvalue weighted by molar-refractivity contribution is 0.112.